The van der Waals surface area contributed by atoms with Crippen LogP contribution in [0.25, 0.3) is 0 Å². The van der Waals surface area contributed by atoms with Crippen LogP contribution in [0.5, 0.6) is 0 Å². The first-order valence-electron chi connectivity index (χ1n) is 4.93. The van der Waals surface area contributed by atoms with Gasteiger partial charge in [0.25, 0.3) is 0 Å². The highest BCUT2D eigenvalue weighted by molar-refractivity contribution is 6.30. The molecular weight excluding hydrogens is 271 g/mol. The summed E-state index contributed by atoms with van der Waals surface area (Å²) >= 11 is 5.67. The summed E-state index contributed by atoms with van der Waals surface area (Å²) in [5.41, 5.74) is 0.340. The molecule has 1 aliphatic rings. The lowest BCUT2D eigenvalue weighted by atomic mass is 10.1. The Morgan fingerprint density at radius 2 is 1.89 bits per heavy atom. The molecule has 1 aliphatic heterocycles. The van der Waals surface area contributed by atoms with Crippen LogP contribution in [0.2, 0.25) is 5.02 Å². The molecule has 0 saturated carbocycles. The van der Waals surface area contributed by atoms with Crippen molar-refractivity contribution in [3.05, 3.63) is 34.9 Å². The van der Waals surface area contributed by atoms with Gasteiger partial charge < -0.3 is 4.74 Å². The normalized spacial score (nSPS) is 23.9. The summed E-state index contributed by atoms with van der Waals surface area (Å²) in [4.78, 5) is 14.1. The number of nitrogens with zero attached hydrogens (tertiary/aromatic N) is 1. The molecule has 0 saturated heterocycles. The van der Waals surface area contributed by atoms with Crippen molar-refractivity contribution in [2.75, 3.05) is 0 Å². The Kier molecular flexibility index (Phi) is 3.41. The van der Waals surface area contributed by atoms with Gasteiger partial charge in [-0.1, -0.05) is 23.7 Å². The summed E-state index contributed by atoms with van der Waals surface area (Å²) in [7, 11) is 0. The van der Waals surface area contributed by atoms with Crippen molar-refractivity contribution < 1.29 is 22.7 Å². The second-order valence-electron chi connectivity index (χ2n) is 3.61. The standard InChI is InChI=1S/C11H7ClF3NO2/c12-7-3-1-6(2-4-7)9-8(5-17)18-10(16-9)11(13,14)15/h1-5,8,10H. The fourth-order valence-corrected chi connectivity index (χ4v) is 1.67. The number of hydrogen-bond donors (Lipinski definition) is 0. The van der Waals surface area contributed by atoms with Crippen molar-refractivity contribution in [2.24, 2.45) is 4.99 Å². The second kappa shape index (κ2) is 4.70. The predicted molar refractivity (Wildman–Crippen MR) is 58.8 cm³/mol. The lowest BCUT2D eigenvalue weighted by molar-refractivity contribution is -0.214. The summed E-state index contributed by atoms with van der Waals surface area (Å²) in [5.74, 6) is 0. The molecule has 0 spiro atoms. The van der Waals surface area contributed by atoms with E-state index in [-0.39, 0.29) is 5.71 Å². The number of rotatable bonds is 2. The molecule has 18 heavy (non-hydrogen) atoms. The highest BCUT2D eigenvalue weighted by Gasteiger charge is 2.47. The van der Waals surface area contributed by atoms with E-state index in [1.54, 1.807) is 0 Å². The zero-order valence-electron chi connectivity index (χ0n) is 8.82. The Balaban J connectivity index is 2.35. The molecule has 96 valence electrons. The molecule has 1 aromatic carbocycles. The van der Waals surface area contributed by atoms with Crippen LogP contribution < -0.4 is 0 Å². The first kappa shape index (κ1) is 13.0. The van der Waals surface area contributed by atoms with Crippen molar-refractivity contribution in [2.45, 2.75) is 18.5 Å². The van der Waals surface area contributed by atoms with E-state index in [1.165, 1.54) is 24.3 Å². The van der Waals surface area contributed by atoms with E-state index in [9.17, 15) is 18.0 Å². The Morgan fingerprint density at radius 1 is 1.28 bits per heavy atom. The number of carbonyl (C=O) groups excluding carboxylic acids is 1. The van der Waals surface area contributed by atoms with Gasteiger partial charge in [-0.15, -0.1) is 0 Å². The van der Waals surface area contributed by atoms with Crippen LogP contribution in [-0.4, -0.2) is 30.5 Å². The van der Waals surface area contributed by atoms with Crippen molar-refractivity contribution in [3.8, 4) is 0 Å². The van der Waals surface area contributed by atoms with Crippen LogP contribution in [0.1, 0.15) is 5.56 Å². The van der Waals surface area contributed by atoms with Crippen LogP contribution in [0.4, 0.5) is 13.2 Å². The van der Waals surface area contributed by atoms with E-state index in [0.29, 0.717) is 16.9 Å². The maximum absolute atomic E-state index is 12.5. The summed E-state index contributed by atoms with van der Waals surface area (Å²) in [6.07, 6.45) is -7.94. The highest BCUT2D eigenvalue weighted by atomic mass is 35.5. The quantitative estimate of drug-likeness (QED) is 0.780. The van der Waals surface area contributed by atoms with Gasteiger partial charge in [0.05, 0.1) is 5.71 Å². The van der Waals surface area contributed by atoms with E-state index in [1.807, 2.05) is 0 Å². The summed E-state index contributed by atoms with van der Waals surface area (Å²) in [6.45, 7) is 0. The minimum absolute atomic E-state index is 0.0380. The van der Waals surface area contributed by atoms with Crippen LogP contribution in [0.3, 0.4) is 0 Å². The zero-order chi connectivity index (χ0) is 13.3. The monoisotopic (exact) mass is 277 g/mol. The molecule has 0 bridgehead atoms. The minimum atomic E-state index is -4.63. The Bertz CT molecular complexity index is 484. The van der Waals surface area contributed by atoms with E-state index in [2.05, 4.69) is 9.73 Å². The topological polar surface area (TPSA) is 38.7 Å². The van der Waals surface area contributed by atoms with E-state index in [0.717, 1.165) is 0 Å². The van der Waals surface area contributed by atoms with E-state index >= 15 is 0 Å². The number of aliphatic imine (C=N–C) groups is 1. The molecule has 0 radical (unpaired) electrons. The molecule has 0 aliphatic carbocycles. The number of halogens is 4. The largest absolute Gasteiger partial charge is 0.435 e. The Hall–Kier alpha value is -1.40. The fourth-order valence-electron chi connectivity index (χ4n) is 1.54. The lowest BCUT2D eigenvalue weighted by Gasteiger charge is -2.12. The number of ether oxygens (including phenoxy) is 1. The molecule has 0 aromatic heterocycles. The Morgan fingerprint density at radius 3 is 2.39 bits per heavy atom. The fraction of sp³-hybridized carbons (Fsp3) is 0.273. The number of alkyl halides is 3. The average Bonchev–Trinajstić information content (AvgIpc) is 2.73. The van der Waals surface area contributed by atoms with Gasteiger partial charge in [0.1, 0.15) is 0 Å². The maximum Gasteiger partial charge on any atom is 0.435 e. The molecule has 2 unspecified atom stereocenters. The SMILES string of the molecule is O=CC1OC(C(F)(F)F)N=C1c1ccc(Cl)cc1. The third-order valence-corrected chi connectivity index (χ3v) is 2.60. The van der Waals surface area contributed by atoms with Crippen molar-refractivity contribution in [1.82, 2.24) is 0 Å². The molecule has 0 N–H and O–H groups in total. The van der Waals surface area contributed by atoms with E-state index < -0.39 is 18.5 Å². The van der Waals surface area contributed by atoms with Gasteiger partial charge in [0, 0.05) is 5.02 Å². The average molecular weight is 278 g/mol. The van der Waals surface area contributed by atoms with Gasteiger partial charge >= 0.3 is 6.18 Å². The third-order valence-electron chi connectivity index (χ3n) is 2.34. The first-order valence-corrected chi connectivity index (χ1v) is 5.30. The second-order valence-corrected chi connectivity index (χ2v) is 4.04. The molecular formula is C11H7ClF3NO2. The molecule has 7 heteroatoms. The molecule has 3 nitrogen and oxygen atoms in total. The van der Waals surface area contributed by atoms with Gasteiger partial charge in [-0.05, 0) is 17.7 Å². The van der Waals surface area contributed by atoms with Gasteiger partial charge in [-0.25, -0.2) is 4.99 Å². The molecule has 0 fully saturated rings. The van der Waals surface area contributed by atoms with Gasteiger partial charge in [0.2, 0.25) is 6.23 Å². The van der Waals surface area contributed by atoms with Crippen molar-refractivity contribution in [1.29, 1.82) is 0 Å². The molecule has 1 heterocycles. The first-order chi connectivity index (χ1) is 8.41. The predicted octanol–water partition coefficient (Wildman–Crippen LogP) is 2.62. The van der Waals surface area contributed by atoms with Gasteiger partial charge in [-0.2, -0.15) is 13.2 Å². The summed E-state index contributed by atoms with van der Waals surface area (Å²) in [5, 5.41) is 0.438. The molecule has 2 atom stereocenters. The van der Waals surface area contributed by atoms with E-state index in [4.69, 9.17) is 11.6 Å². The minimum Gasteiger partial charge on any atom is -0.331 e. The number of aldehydes is 1. The van der Waals surface area contributed by atoms with Crippen LogP contribution in [-0.2, 0) is 9.53 Å². The number of benzene rings is 1. The third kappa shape index (κ3) is 2.54. The molecule has 1 aromatic rings. The number of hydrogen-bond acceptors (Lipinski definition) is 3. The van der Waals surface area contributed by atoms with Gasteiger partial charge in [-0.3, -0.25) is 4.79 Å². The van der Waals surface area contributed by atoms with Crippen LogP contribution in [0.15, 0.2) is 29.3 Å². The highest BCUT2D eigenvalue weighted by Crippen LogP contribution is 2.30. The van der Waals surface area contributed by atoms with Crippen molar-refractivity contribution in [3.63, 3.8) is 0 Å². The molecule has 0 amide bonds. The summed E-state index contributed by atoms with van der Waals surface area (Å²) < 4.78 is 41.9. The smallest absolute Gasteiger partial charge is 0.331 e. The molecule has 2 rings (SSSR count). The van der Waals surface area contributed by atoms with Gasteiger partial charge in [0.15, 0.2) is 12.4 Å². The van der Waals surface area contributed by atoms with Crippen LogP contribution >= 0.6 is 11.6 Å². The number of carbonyl (C=O) groups is 1. The van der Waals surface area contributed by atoms with Crippen LogP contribution in [0, 0.1) is 0 Å². The Labute approximate surface area is 105 Å². The van der Waals surface area contributed by atoms with Crippen molar-refractivity contribution >= 4 is 23.6 Å². The summed E-state index contributed by atoms with van der Waals surface area (Å²) in [6, 6.07) is 5.98. The maximum atomic E-state index is 12.5. The zero-order valence-corrected chi connectivity index (χ0v) is 9.57. The lowest BCUT2D eigenvalue weighted by Crippen LogP contribution is -2.30.